The maximum absolute atomic E-state index is 13.1. The summed E-state index contributed by atoms with van der Waals surface area (Å²) in [6.07, 6.45) is 2.15. The molecule has 0 N–H and O–H groups in total. The van der Waals surface area contributed by atoms with E-state index >= 15 is 0 Å². The van der Waals surface area contributed by atoms with E-state index in [1.165, 1.54) is 11.1 Å². The zero-order chi connectivity index (χ0) is 20.4. The minimum Gasteiger partial charge on any atom is -0.486 e. The zero-order valence-electron chi connectivity index (χ0n) is 17.1. The lowest BCUT2D eigenvalue weighted by atomic mass is 10.1. The van der Waals surface area contributed by atoms with E-state index in [0.717, 1.165) is 40.4 Å². The molecule has 3 aromatic rings. The Morgan fingerprint density at radius 3 is 2.55 bits per heavy atom. The summed E-state index contributed by atoms with van der Waals surface area (Å²) in [4.78, 5) is 19.8. The van der Waals surface area contributed by atoms with Crippen LogP contribution in [0.25, 0.3) is 0 Å². The molecule has 150 valence electrons. The molecular weight excluding hydrogens is 380 g/mol. The molecule has 0 spiro atoms. The first kappa shape index (κ1) is 19.6. The van der Waals surface area contributed by atoms with Crippen molar-refractivity contribution in [1.29, 1.82) is 0 Å². The first-order valence-electron chi connectivity index (χ1n) is 10.0. The van der Waals surface area contributed by atoms with Gasteiger partial charge in [-0.05, 0) is 68.5 Å². The quantitative estimate of drug-likeness (QED) is 0.524. The number of amides is 1. The molecule has 1 aliphatic rings. The molecule has 0 atom stereocenters. The standard InChI is InChI=1S/C24H26N2O2S/c1-16-10-17(2)12-21(11-16)28-14-23-25-19(15-29-23)13-26(20-8-9-20)24(27)22-7-5-4-6-18(22)3/h4-7,10-12,15,20H,8-9,13-14H2,1-3H3. The highest BCUT2D eigenvalue weighted by molar-refractivity contribution is 7.09. The largest absolute Gasteiger partial charge is 0.486 e. The van der Waals surface area contributed by atoms with E-state index in [0.29, 0.717) is 19.2 Å². The van der Waals surface area contributed by atoms with Crippen LogP contribution in [0.15, 0.2) is 47.8 Å². The Hall–Kier alpha value is -2.66. The van der Waals surface area contributed by atoms with Crippen molar-refractivity contribution in [3.05, 3.63) is 80.8 Å². The minimum absolute atomic E-state index is 0.103. The van der Waals surface area contributed by atoms with Crippen molar-refractivity contribution in [1.82, 2.24) is 9.88 Å². The Morgan fingerprint density at radius 1 is 1.14 bits per heavy atom. The van der Waals surface area contributed by atoms with Gasteiger partial charge in [-0.2, -0.15) is 0 Å². The van der Waals surface area contributed by atoms with Gasteiger partial charge in [-0.25, -0.2) is 4.98 Å². The highest BCUT2D eigenvalue weighted by atomic mass is 32.1. The molecule has 1 amide bonds. The van der Waals surface area contributed by atoms with Crippen molar-refractivity contribution < 1.29 is 9.53 Å². The van der Waals surface area contributed by atoms with Gasteiger partial charge in [0.1, 0.15) is 17.4 Å². The van der Waals surface area contributed by atoms with Crippen LogP contribution in [0.5, 0.6) is 5.75 Å². The van der Waals surface area contributed by atoms with Gasteiger partial charge in [-0.15, -0.1) is 11.3 Å². The van der Waals surface area contributed by atoms with Crippen LogP contribution in [0.2, 0.25) is 0 Å². The van der Waals surface area contributed by atoms with Crippen molar-refractivity contribution in [3.63, 3.8) is 0 Å². The summed E-state index contributed by atoms with van der Waals surface area (Å²) in [6.45, 7) is 7.13. The fourth-order valence-electron chi connectivity index (χ4n) is 3.54. The van der Waals surface area contributed by atoms with Gasteiger partial charge in [0.2, 0.25) is 0 Å². The van der Waals surface area contributed by atoms with Crippen molar-refractivity contribution in [2.24, 2.45) is 0 Å². The SMILES string of the molecule is Cc1cc(C)cc(OCc2nc(CN(C(=O)c3ccccc3C)C3CC3)cs2)c1. The topological polar surface area (TPSA) is 42.4 Å². The molecule has 4 nitrogen and oxygen atoms in total. The summed E-state index contributed by atoms with van der Waals surface area (Å²) in [7, 11) is 0. The van der Waals surface area contributed by atoms with E-state index in [9.17, 15) is 4.79 Å². The number of benzene rings is 2. The molecule has 1 heterocycles. The minimum atomic E-state index is 0.103. The van der Waals surface area contributed by atoms with Crippen molar-refractivity contribution in [3.8, 4) is 5.75 Å². The van der Waals surface area contributed by atoms with Gasteiger partial charge in [0.25, 0.3) is 5.91 Å². The molecule has 0 aliphatic heterocycles. The number of carbonyl (C=O) groups excluding carboxylic acids is 1. The Labute approximate surface area is 176 Å². The first-order valence-corrected chi connectivity index (χ1v) is 10.9. The molecule has 0 saturated heterocycles. The van der Waals surface area contributed by atoms with Gasteiger partial charge >= 0.3 is 0 Å². The number of thiazole rings is 1. The Balaban J connectivity index is 1.43. The molecule has 2 aromatic carbocycles. The van der Waals surface area contributed by atoms with E-state index < -0.39 is 0 Å². The summed E-state index contributed by atoms with van der Waals surface area (Å²) >= 11 is 1.59. The lowest BCUT2D eigenvalue weighted by Crippen LogP contribution is -2.33. The summed E-state index contributed by atoms with van der Waals surface area (Å²) in [5, 5.41) is 2.97. The van der Waals surface area contributed by atoms with Gasteiger partial charge in [0.15, 0.2) is 0 Å². The Kier molecular flexibility index (Phi) is 5.67. The summed E-state index contributed by atoms with van der Waals surface area (Å²) in [6, 6.07) is 14.3. The second-order valence-corrected chi connectivity index (χ2v) is 8.77. The van der Waals surface area contributed by atoms with Gasteiger partial charge < -0.3 is 9.64 Å². The number of hydrogen-bond acceptors (Lipinski definition) is 4. The van der Waals surface area contributed by atoms with Crippen molar-refractivity contribution >= 4 is 17.2 Å². The maximum atomic E-state index is 13.1. The van der Waals surface area contributed by atoms with E-state index in [1.807, 2.05) is 53.6 Å². The molecule has 0 bridgehead atoms. The summed E-state index contributed by atoms with van der Waals surface area (Å²) in [5.41, 5.74) is 5.11. The van der Waals surface area contributed by atoms with E-state index in [-0.39, 0.29) is 5.91 Å². The molecule has 1 aromatic heterocycles. The van der Waals surface area contributed by atoms with Crippen LogP contribution in [0, 0.1) is 20.8 Å². The maximum Gasteiger partial charge on any atom is 0.254 e. The lowest BCUT2D eigenvalue weighted by molar-refractivity contribution is 0.0727. The Bertz CT molecular complexity index is 1000. The Morgan fingerprint density at radius 2 is 1.86 bits per heavy atom. The number of nitrogens with zero attached hydrogens (tertiary/aromatic N) is 2. The van der Waals surface area contributed by atoms with E-state index in [4.69, 9.17) is 9.72 Å². The molecule has 5 heteroatoms. The van der Waals surface area contributed by atoms with Crippen LogP contribution in [0.4, 0.5) is 0 Å². The monoisotopic (exact) mass is 406 g/mol. The normalized spacial score (nSPS) is 13.3. The van der Waals surface area contributed by atoms with Gasteiger partial charge in [0.05, 0.1) is 12.2 Å². The van der Waals surface area contributed by atoms with E-state index in [1.54, 1.807) is 11.3 Å². The second-order valence-electron chi connectivity index (χ2n) is 7.82. The van der Waals surface area contributed by atoms with Gasteiger partial charge in [-0.3, -0.25) is 4.79 Å². The van der Waals surface area contributed by atoms with Gasteiger partial charge in [0, 0.05) is 17.0 Å². The second kappa shape index (κ2) is 8.37. The fourth-order valence-corrected chi connectivity index (χ4v) is 4.24. The smallest absolute Gasteiger partial charge is 0.254 e. The lowest BCUT2D eigenvalue weighted by Gasteiger charge is -2.22. The third-order valence-electron chi connectivity index (χ3n) is 5.11. The molecule has 0 unspecified atom stereocenters. The average molecular weight is 407 g/mol. The highest BCUT2D eigenvalue weighted by Gasteiger charge is 2.34. The van der Waals surface area contributed by atoms with Crippen LogP contribution in [-0.2, 0) is 13.2 Å². The predicted molar refractivity (Wildman–Crippen MR) is 116 cm³/mol. The van der Waals surface area contributed by atoms with Crippen LogP contribution in [0.1, 0.15) is 50.6 Å². The summed E-state index contributed by atoms with van der Waals surface area (Å²) in [5.74, 6) is 0.972. The number of aryl methyl sites for hydroxylation is 3. The number of ether oxygens (including phenoxy) is 1. The predicted octanol–water partition coefficient (Wildman–Crippen LogP) is 5.45. The van der Waals surface area contributed by atoms with Gasteiger partial charge in [-0.1, -0.05) is 24.3 Å². The fraction of sp³-hybridized carbons (Fsp3) is 0.333. The number of aromatic nitrogens is 1. The third-order valence-corrected chi connectivity index (χ3v) is 5.98. The molecule has 0 radical (unpaired) electrons. The number of rotatable bonds is 7. The van der Waals surface area contributed by atoms with Crippen molar-refractivity contribution in [2.75, 3.05) is 0 Å². The molecular formula is C24H26N2O2S. The van der Waals surface area contributed by atoms with Crippen LogP contribution < -0.4 is 4.74 Å². The van der Waals surface area contributed by atoms with Crippen LogP contribution in [0.3, 0.4) is 0 Å². The van der Waals surface area contributed by atoms with E-state index in [2.05, 4.69) is 19.9 Å². The van der Waals surface area contributed by atoms with Crippen LogP contribution >= 0.6 is 11.3 Å². The molecule has 1 fully saturated rings. The first-order chi connectivity index (χ1) is 14.0. The zero-order valence-corrected chi connectivity index (χ0v) is 18.0. The average Bonchev–Trinajstić information content (AvgIpc) is 3.42. The number of carbonyl (C=O) groups is 1. The molecule has 29 heavy (non-hydrogen) atoms. The third kappa shape index (κ3) is 4.85. The number of hydrogen-bond donors (Lipinski definition) is 0. The highest BCUT2D eigenvalue weighted by Crippen LogP contribution is 2.30. The van der Waals surface area contributed by atoms with Crippen LogP contribution in [-0.4, -0.2) is 21.8 Å². The summed E-state index contributed by atoms with van der Waals surface area (Å²) < 4.78 is 5.93. The molecule has 1 saturated carbocycles. The van der Waals surface area contributed by atoms with Crippen molar-refractivity contribution in [2.45, 2.75) is 52.8 Å². The molecule has 4 rings (SSSR count). The molecule has 1 aliphatic carbocycles.